The molecule has 204 valence electrons. The number of esters is 1. The number of methoxy groups -OCH3 is 2. The molecule has 3 aromatic carbocycles. The van der Waals surface area contributed by atoms with Gasteiger partial charge in [0.15, 0.2) is 16.3 Å². The number of fused-ring (bicyclic) bond motifs is 1. The van der Waals surface area contributed by atoms with Crippen LogP contribution < -0.4 is 24.4 Å². The summed E-state index contributed by atoms with van der Waals surface area (Å²) in [6.07, 6.45) is 2.32. The van der Waals surface area contributed by atoms with E-state index in [9.17, 15) is 9.59 Å². The molecule has 0 unspecified atom stereocenters. The Bertz CT molecular complexity index is 1760. The van der Waals surface area contributed by atoms with Gasteiger partial charge in [-0.3, -0.25) is 9.36 Å². The van der Waals surface area contributed by atoms with E-state index in [0.717, 1.165) is 16.7 Å². The lowest BCUT2D eigenvalue weighted by Gasteiger charge is -2.25. The Morgan fingerprint density at radius 1 is 1.05 bits per heavy atom. The fourth-order valence-corrected chi connectivity index (χ4v) is 5.75. The second-order valence-corrected chi connectivity index (χ2v) is 10.5. The number of hydrogen-bond donors (Lipinski definition) is 0. The molecule has 4 aromatic rings. The number of carbonyl (C=O) groups is 1. The third-order valence-corrected chi connectivity index (χ3v) is 7.79. The van der Waals surface area contributed by atoms with Crippen molar-refractivity contribution in [1.82, 2.24) is 4.57 Å². The molecule has 0 radical (unpaired) electrons. The number of thiazole rings is 1. The average Bonchev–Trinajstić information content (AvgIpc) is 3.30. The van der Waals surface area contributed by atoms with Gasteiger partial charge in [0.25, 0.3) is 5.56 Å². The highest BCUT2D eigenvalue weighted by Gasteiger charge is 2.33. The van der Waals surface area contributed by atoms with Gasteiger partial charge >= 0.3 is 5.97 Å². The smallest absolute Gasteiger partial charge is 0.338 e. The standard InChI is InChI=1S/C31H27ClN2O5S/c1-4-23-27(30(36)38-3)28(21-8-6-5-7-9-21)34-29(35)26(40-31(34)33-23)17-20-12-15-24(25(16-20)37-2)39-18-19-10-13-22(32)14-11-19/h5-17,28H,4,18H2,1-3H3/b26-17-/t28-/m1/s1. The second-order valence-electron chi connectivity index (χ2n) is 9.02. The summed E-state index contributed by atoms with van der Waals surface area (Å²) in [5, 5.41) is 0.665. The van der Waals surface area contributed by atoms with Crippen molar-refractivity contribution in [3.8, 4) is 11.5 Å². The predicted octanol–water partition coefficient (Wildman–Crippen LogP) is 5.04. The summed E-state index contributed by atoms with van der Waals surface area (Å²) in [7, 11) is 2.91. The molecular weight excluding hydrogens is 548 g/mol. The van der Waals surface area contributed by atoms with Crippen molar-refractivity contribution in [2.24, 2.45) is 4.99 Å². The van der Waals surface area contributed by atoms with Gasteiger partial charge in [0.1, 0.15) is 6.61 Å². The molecular formula is C31H27ClN2O5S. The first-order chi connectivity index (χ1) is 19.4. The molecule has 40 heavy (non-hydrogen) atoms. The van der Waals surface area contributed by atoms with E-state index in [-0.39, 0.29) is 5.56 Å². The summed E-state index contributed by atoms with van der Waals surface area (Å²) in [4.78, 5) is 31.9. The maximum Gasteiger partial charge on any atom is 0.338 e. The van der Waals surface area contributed by atoms with Crippen LogP contribution in [0.4, 0.5) is 0 Å². The molecule has 7 nitrogen and oxygen atoms in total. The Balaban J connectivity index is 1.55. The number of aromatic nitrogens is 1. The molecule has 5 rings (SSSR count). The SMILES string of the molecule is CCC1=C(C(=O)OC)[C@@H](c2ccccc2)n2c(s/c(=C\c3ccc(OCc4ccc(Cl)cc4)c(OC)c3)c2=O)=N1. The minimum absolute atomic E-state index is 0.240. The summed E-state index contributed by atoms with van der Waals surface area (Å²) >= 11 is 7.25. The zero-order valence-electron chi connectivity index (χ0n) is 22.2. The van der Waals surface area contributed by atoms with Crippen LogP contribution in [0, 0.1) is 0 Å². The van der Waals surface area contributed by atoms with Crippen molar-refractivity contribution in [2.45, 2.75) is 26.0 Å². The van der Waals surface area contributed by atoms with Crippen LogP contribution in [-0.2, 0) is 16.1 Å². The van der Waals surface area contributed by atoms with Crippen molar-refractivity contribution in [3.63, 3.8) is 0 Å². The Hall–Kier alpha value is -4.14. The molecule has 1 aliphatic heterocycles. The van der Waals surface area contributed by atoms with E-state index in [0.29, 0.717) is 50.2 Å². The summed E-state index contributed by atoms with van der Waals surface area (Å²) in [5.41, 5.74) is 3.29. The Morgan fingerprint density at radius 3 is 2.48 bits per heavy atom. The quantitative estimate of drug-likeness (QED) is 0.276. The molecule has 0 amide bonds. The number of rotatable bonds is 8. The molecule has 1 aliphatic rings. The highest BCUT2D eigenvalue weighted by molar-refractivity contribution is 7.07. The van der Waals surface area contributed by atoms with E-state index in [1.165, 1.54) is 18.4 Å². The maximum atomic E-state index is 13.8. The van der Waals surface area contributed by atoms with Gasteiger partial charge < -0.3 is 14.2 Å². The predicted molar refractivity (Wildman–Crippen MR) is 156 cm³/mol. The Labute approximate surface area is 240 Å². The fraction of sp³-hybridized carbons (Fsp3) is 0.194. The third kappa shape index (κ3) is 5.46. The van der Waals surface area contributed by atoms with Crippen LogP contribution in [0.15, 0.2) is 93.9 Å². The van der Waals surface area contributed by atoms with Crippen LogP contribution in [0.25, 0.3) is 6.08 Å². The van der Waals surface area contributed by atoms with Crippen LogP contribution in [0.1, 0.15) is 36.1 Å². The van der Waals surface area contributed by atoms with E-state index >= 15 is 0 Å². The van der Waals surface area contributed by atoms with E-state index in [1.54, 1.807) is 17.8 Å². The van der Waals surface area contributed by atoms with Gasteiger partial charge in [-0.15, -0.1) is 0 Å². The van der Waals surface area contributed by atoms with E-state index in [1.807, 2.05) is 79.7 Å². The molecule has 0 saturated carbocycles. The van der Waals surface area contributed by atoms with Crippen molar-refractivity contribution in [2.75, 3.05) is 14.2 Å². The molecule has 1 aromatic heterocycles. The first-order valence-electron chi connectivity index (χ1n) is 12.7. The van der Waals surface area contributed by atoms with Gasteiger partial charge in [-0.05, 0) is 53.5 Å². The molecule has 0 spiro atoms. The number of allylic oxidation sites excluding steroid dienone is 1. The summed E-state index contributed by atoms with van der Waals surface area (Å²) in [6.45, 7) is 2.29. The lowest BCUT2D eigenvalue weighted by atomic mass is 9.95. The molecule has 0 fully saturated rings. The second kappa shape index (κ2) is 11.9. The van der Waals surface area contributed by atoms with Crippen LogP contribution in [0.5, 0.6) is 11.5 Å². The number of carbonyl (C=O) groups excluding carboxylic acids is 1. The minimum Gasteiger partial charge on any atom is -0.493 e. The number of benzene rings is 3. The van der Waals surface area contributed by atoms with Crippen LogP contribution in [0.3, 0.4) is 0 Å². The normalized spacial score (nSPS) is 14.9. The van der Waals surface area contributed by atoms with Crippen molar-refractivity contribution in [3.05, 3.63) is 125 Å². The number of hydrogen-bond acceptors (Lipinski definition) is 7. The lowest BCUT2D eigenvalue weighted by molar-refractivity contribution is -0.136. The van der Waals surface area contributed by atoms with Crippen molar-refractivity contribution >= 4 is 35.0 Å². The van der Waals surface area contributed by atoms with Crippen molar-refractivity contribution < 1.29 is 19.0 Å². The monoisotopic (exact) mass is 574 g/mol. The molecule has 1 atom stereocenters. The summed E-state index contributed by atoms with van der Waals surface area (Å²) in [6, 6.07) is 21.8. The van der Waals surface area contributed by atoms with Crippen LogP contribution >= 0.6 is 22.9 Å². The highest BCUT2D eigenvalue weighted by atomic mass is 35.5. The highest BCUT2D eigenvalue weighted by Crippen LogP contribution is 2.32. The van der Waals surface area contributed by atoms with Gasteiger partial charge in [-0.2, -0.15) is 0 Å². The molecule has 0 bridgehead atoms. The number of nitrogens with zero attached hydrogens (tertiary/aromatic N) is 2. The fourth-order valence-electron chi connectivity index (χ4n) is 4.60. The molecule has 2 heterocycles. The Morgan fingerprint density at radius 2 is 1.80 bits per heavy atom. The van der Waals surface area contributed by atoms with Gasteiger partial charge in [0.2, 0.25) is 0 Å². The zero-order chi connectivity index (χ0) is 28.2. The van der Waals surface area contributed by atoms with Crippen LogP contribution in [0.2, 0.25) is 5.02 Å². The number of ether oxygens (including phenoxy) is 3. The zero-order valence-corrected chi connectivity index (χ0v) is 23.8. The van der Waals surface area contributed by atoms with Crippen molar-refractivity contribution in [1.29, 1.82) is 0 Å². The molecule has 0 saturated heterocycles. The van der Waals surface area contributed by atoms with Gasteiger partial charge in [0, 0.05) is 5.02 Å². The lowest BCUT2D eigenvalue weighted by Crippen LogP contribution is -2.40. The largest absolute Gasteiger partial charge is 0.493 e. The van der Waals surface area contributed by atoms with Gasteiger partial charge in [-0.25, -0.2) is 9.79 Å². The van der Waals surface area contributed by atoms with E-state index in [2.05, 4.69) is 0 Å². The Kier molecular flexibility index (Phi) is 8.19. The maximum absolute atomic E-state index is 13.8. The van der Waals surface area contributed by atoms with Gasteiger partial charge in [-0.1, -0.05) is 78.4 Å². The third-order valence-electron chi connectivity index (χ3n) is 6.56. The minimum atomic E-state index is -0.639. The first kappa shape index (κ1) is 27.4. The summed E-state index contributed by atoms with van der Waals surface area (Å²) < 4.78 is 18.7. The first-order valence-corrected chi connectivity index (χ1v) is 13.9. The van der Waals surface area contributed by atoms with Crippen LogP contribution in [-0.4, -0.2) is 24.8 Å². The molecule has 9 heteroatoms. The number of halogens is 1. The molecule has 0 N–H and O–H groups in total. The van der Waals surface area contributed by atoms with E-state index in [4.69, 9.17) is 30.8 Å². The van der Waals surface area contributed by atoms with E-state index < -0.39 is 12.0 Å². The molecule has 0 aliphatic carbocycles. The average molecular weight is 575 g/mol. The topological polar surface area (TPSA) is 79.1 Å². The van der Waals surface area contributed by atoms with Gasteiger partial charge in [0.05, 0.1) is 36.1 Å². The summed E-state index contributed by atoms with van der Waals surface area (Å²) in [5.74, 6) is 0.622.